The van der Waals surface area contributed by atoms with Gasteiger partial charge in [0.15, 0.2) is 6.61 Å². The fourth-order valence-electron chi connectivity index (χ4n) is 4.51. The third-order valence-corrected chi connectivity index (χ3v) is 6.35. The molecule has 154 valence electrons. The number of carbonyl (C=O) groups excluding carboxylic acids is 1. The first-order valence-electron chi connectivity index (χ1n) is 9.95. The molecule has 0 saturated carbocycles. The highest BCUT2D eigenvalue weighted by Crippen LogP contribution is 2.37. The number of hydrogen-bond acceptors (Lipinski definition) is 4. The van der Waals surface area contributed by atoms with E-state index in [9.17, 15) is 4.79 Å². The van der Waals surface area contributed by atoms with Gasteiger partial charge >= 0.3 is 0 Å². The van der Waals surface area contributed by atoms with Gasteiger partial charge in [0, 0.05) is 34.7 Å². The van der Waals surface area contributed by atoms with Crippen molar-refractivity contribution in [2.24, 2.45) is 0 Å². The van der Waals surface area contributed by atoms with Crippen molar-refractivity contribution in [2.45, 2.75) is 50.4 Å². The highest BCUT2D eigenvalue weighted by molar-refractivity contribution is 6.31. The molecule has 7 heteroatoms. The molecule has 2 bridgehead atoms. The molecule has 2 aliphatic heterocycles. The van der Waals surface area contributed by atoms with E-state index in [-0.39, 0.29) is 18.6 Å². The lowest BCUT2D eigenvalue weighted by Gasteiger charge is -2.39. The Morgan fingerprint density at radius 1 is 1.07 bits per heavy atom. The number of fused-ring (bicyclic) bond motifs is 2. The van der Waals surface area contributed by atoms with E-state index in [1.807, 2.05) is 12.1 Å². The average molecular weight is 434 g/mol. The summed E-state index contributed by atoms with van der Waals surface area (Å²) in [5.41, 5.74) is 7.58. The molecule has 3 atom stereocenters. The maximum absolute atomic E-state index is 12.4. The maximum Gasteiger partial charge on any atom is 0.258 e. The van der Waals surface area contributed by atoms with Crippen LogP contribution in [0.15, 0.2) is 42.5 Å². The Morgan fingerprint density at radius 3 is 2.38 bits per heavy atom. The number of benzene rings is 2. The molecular formula is C22H25Cl2N3O2. The van der Waals surface area contributed by atoms with Gasteiger partial charge < -0.3 is 15.8 Å². The summed E-state index contributed by atoms with van der Waals surface area (Å²) in [6.45, 7) is 0.887. The Balaban J connectivity index is 1.28. The largest absolute Gasteiger partial charge is 0.482 e. The zero-order chi connectivity index (χ0) is 20.4. The van der Waals surface area contributed by atoms with Crippen molar-refractivity contribution < 1.29 is 9.53 Å². The molecule has 4 rings (SSSR count). The fraction of sp³-hybridized carbons (Fsp3) is 0.409. The van der Waals surface area contributed by atoms with Crippen LogP contribution in [-0.2, 0) is 11.3 Å². The van der Waals surface area contributed by atoms with Gasteiger partial charge in [-0.1, -0.05) is 35.3 Å². The second kappa shape index (κ2) is 8.82. The van der Waals surface area contributed by atoms with Crippen LogP contribution in [0.2, 0.25) is 10.0 Å². The van der Waals surface area contributed by atoms with E-state index in [0.717, 1.165) is 24.4 Å². The van der Waals surface area contributed by atoms with E-state index < -0.39 is 0 Å². The van der Waals surface area contributed by atoms with Crippen molar-refractivity contribution in [3.05, 3.63) is 58.1 Å². The number of rotatable bonds is 6. The number of ether oxygens (including phenoxy) is 1. The number of amides is 1. The number of hydrogen-bond donors (Lipinski definition) is 2. The summed E-state index contributed by atoms with van der Waals surface area (Å²) < 4.78 is 5.56. The molecule has 2 aromatic carbocycles. The summed E-state index contributed by atoms with van der Waals surface area (Å²) >= 11 is 11.9. The minimum Gasteiger partial charge on any atom is -0.482 e. The zero-order valence-corrected chi connectivity index (χ0v) is 17.6. The molecule has 1 amide bonds. The van der Waals surface area contributed by atoms with Crippen LogP contribution in [0.3, 0.4) is 0 Å². The molecule has 29 heavy (non-hydrogen) atoms. The van der Waals surface area contributed by atoms with Gasteiger partial charge in [0.2, 0.25) is 0 Å². The van der Waals surface area contributed by atoms with Crippen molar-refractivity contribution in [1.82, 2.24) is 10.2 Å². The van der Waals surface area contributed by atoms with Crippen LogP contribution in [0.25, 0.3) is 0 Å². The van der Waals surface area contributed by atoms with Gasteiger partial charge in [-0.15, -0.1) is 0 Å². The van der Waals surface area contributed by atoms with E-state index >= 15 is 0 Å². The number of halogens is 2. The van der Waals surface area contributed by atoms with Crippen LogP contribution in [-0.4, -0.2) is 35.5 Å². The van der Waals surface area contributed by atoms with Crippen molar-refractivity contribution in [2.75, 3.05) is 12.3 Å². The number of nitrogen functional groups attached to an aromatic ring is 1. The number of nitrogens with zero attached hydrogens (tertiary/aromatic N) is 1. The minimum atomic E-state index is -0.116. The van der Waals surface area contributed by atoms with Crippen LogP contribution >= 0.6 is 23.2 Å². The van der Waals surface area contributed by atoms with Crippen molar-refractivity contribution in [3.8, 4) is 5.75 Å². The molecule has 0 aliphatic carbocycles. The van der Waals surface area contributed by atoms with Gasteiger partial charge in [-0.2, -0.15) is 0 Å². The highest BCUT2D eigenvalue weighted by atomic mass is 35.5. The predicted molar refractivity (Wildman–Crippen MR) is 116 cm³/mol. The molecule has 2 heterocycles. The summed E-state index contributed by atoms with van der Waals surface area (Å²) in [5.74, 6) is 0.359. The molecule has 2 fully saturated rings. The third-order valence-electron chi connectivity index (χ3n) is 5.86. The van der Waals surface area contributed by atoms with Gasteiger partial charge in [-0.3, -0.25) is 9.69 Å². The Bertz CT molecular complexity index is 861. The highest BCUT2D eigenvalue weighted by Gasteiger charge is 2.40. The molecule has 0 radical (unpaired) electrons. The first-order chi connectivity index (χ1) is 14.0. The van der Waals surface area contributed by atoms with Crippen molar-refractivity contribution >= 4 is 34.8 Å². The van der Waals surface area contributed by atoms with Gasteiger partial charge in [0.05, 0.1) is 5.69 Å². The second-order valence-corrected chi connectivity index (χ2v) is 8.76. The molecule has 1 unspecified atom stereocenters. The monoisotopic (exact) mass is 433 g/mol. The van der Waals surface area contributed by atoms with Crippen LogP contribution in [0, 0.1) is 0 Å². The lowest BCUT2D eigenvalue weighted by molar-refractivity contribution is -0.124. The Labute approximate surface area is 181 Å². The first kappa shape index (κ1) is 20.3. The molecule has 5 nitrogen and oxygen atoms in total. The summed E-state index contributed by atoms with van der Waals surface area (Å²) in [5, 5.41) is 4.44. The number of piperidine rings is 1. The van der Waals surface area contributed by atoms with Crippen LogP contribution in [0.1, 0.15) is 31.2 Å². The zero-order valence-electron chi connectivity index (χ0n) is 16.1. The summed E-state index contributed by atoms with van der Waals surface area (Å²) in [7, 11) is 0. The second-order valence-electron chi connectivity index (χ2n) is 7.89. The predicted octanol–water partition coefficient (Wildman–Crippen LogP) is 4.27. The Kier molecular flexibility index (Phi) is 6.18. The number of nitrogens with one attached hydrogen (secondary N) is 1. The van der Waals surface area contributed by atoms with E-state index in [0.29, 0.717) is 28.5 Å². The third kappa shape index (κ3) is 4.97. The molecule has 2 aliphatic rings. The van der Waals surface area contributed by atoms with Crippen LogP contribution < -0.4 is 15.8 Å². The van der Waals surface area contributed by atoms with Crippen molar-refractivity contribution in [3.63, 3.8) is 0 Å². The Morgan fingerprint density at radius 2 is 1.72 bits per heavy atom. The lowest BCUT2D eigenvalue weighted by atomic mass is 9.96. The number of carbonyl (C=O) groups is 1. The summed E-state index contributed by atoms with van der Waals surface area (Å²) in [6, 6.07) is 14.3. The first-order valence-corrected chi connectivity index (χ1v) is 10.7. The van der Waals surface area contributed by atoms with Crippen molar-refractivity contribution in [1.29, 1.82) is 0 Å². The van der Waals surface area contributed by atoms with Gasteiger partial charge in [0.25, 0.3) is 5.91 Å². The smallest absolute Gasteiger partial charge is 0.258 e. The van der Waals surface area contributed by atoms with Gasteiger partial charge in [-0.05, 0) is 61.6 Å². The summed E-state index contributed by atoms with van der Waals surface area (Å²) in [6.07, 6.45) is 4.31. The topological polar surface area (TPSA) is 67.6 Å². The van der Waals surface area contributed by atoms with Gasteiger partial charge in [0.1, 0.15) is 5.75 Å². The molecule has 2 saturated heterocycles. The normalized spacial score (nSPS) is 23.7. The van der Waals surface area contributed by atoms with Crippen LogP contribution in [0.4, 0.5) is 5.69 Å². The minimum absolute atomic E-state index is 0.0494. The fourth-order valence-corrected chi connectivity index (χ4v) is 4.82. The standard InChI is InChI=1S/C22H25Cl2N3O2/c23-15-3-1-14(2-4-15)12-27-18-6-7-19(27)11-17(10-18)26-22(28)13-29-21-8-5-16(24)9-20(21)25/h1-5,8-9,17-19H,6-7,10-13,25H2,(H,26,28)/t17?,18-,19+. The SMILES string of the molecule is Nc1cc(Cl)ccc1OCC(=O)NC1C[C@H]2CC[C@@H](C1)N2Cc1ccc(Cl)cc1. The van der Waals surface area contributed by atoms with E-state index in [4.69, 9.17) is 33.7 Å². The molecule has 0 aromatic heterocycles. The molecule has 0 spiro atoms. The Hall–Kier alpha value is -1.95. The summed E-state index contributed by atoms with van der Waals surface area (Å²) in [4.78, 5) is 15.0. The van der Waals surface area contributed by atoms with Crippen LogP contribution in [0.5, 0.6) is 5.75 Å². The average Bonchev–Trinajstić information content (AvgIpc) is 2.91. The maximum atomic E-state index is 12.4. The molecule has 2 aromatic rings. The van der Waals surface area contributed by atoms with Gasteiger partial charge in [-0.25, -0.2) is 0 Å². The quantitative estimate of drug-likeness (QED) is 0.667. The van der Waals surface area contributed by atoms with E-state index in [1.54, 1.807) is 18.2 Å². The molecule has 3 N–H and O–H groups in total. The number of anilines is 1. The number of nitrogens with two attached hydrogens (primary N) is 1. The lowest BCUT2D eigenvalue weighted by Crippen LogP contribution is -2.50. The molecular weight excluding hydrogens is 409 g/mol. The van der Waals surface area contributed by atoms with E-state index in [1.165, 1.54) is 18.4 Å². The van der Waals surface area contributed by atoms with E-state index in [2.05, 4.69) is 22.3 Å².